The Morgan fingerprint density at radius 2 is 1.86 bits per heavy atom. The Kier molecular flexibility index (Phi) is 7.09. The van der Waals surface area contributed by atoms with Crippen LogP contribution in [0.4, 0.5) is 23.8 Å². The number of piperidine rings is 1. The first-order valence-corrected chi connectivity index (χ1v) is 13.2. The molecule has 0 unspecified atom stereocenters. The minimum Gasteiger partial charge on any atom is -0.367 e. The smallest absolute Gasteiger partial charge is 0.367 e. The highest BCUT2D eigenvalue weighted by Crippen LogP contribution is 2.34. The summed E-state index contributed by atoms with van der Waals surface area (Å²) in [6, 6.07) is 10.5. The third-order valence-corrected chi connectivity index (χ3v) is 8.51. The second kappa shape index (κ2) is 10.3. The number of fused-ring (bicyclic) bond motifs is 1. The van der Waals surface area contributed by atoms with E-state index in [9.17, 15) is 18.0 Å². The van der Waals surface area contributed by atoms with Gasteiger partial charge in [-0.3, -0.25) is 0 Å². The molecule has 2 aromatic heterocycles. The maximum absolute atomic E-state index is 12.7. The van der Waals surface area contributed by atoms with Crippen molar-refractivity contribution >= 4 is 35.1 Å². The molecule has 0 radical (unpaired) electrons. The lowest BCUT2D eigenvalue weighted by Crippen LogP contribution is -2.39. The number of hydrogen-bond donors (Lipinski definition) is 2. The predicted molar refractivity (Wildman–Crippen MR) is 135 cm³/mol. The molecule has 2 amide bonds. The van der Waals surface area contributed by atoms with Crippen LogP contribution in [0.15, 0.2) is 47.5 Å². The summed E-state index contributed by atoms with van der Waals surface area (Å²) in [5.74, 6) is 0.468. The van der Waals surface area contributed by atoms with Gasteiger partial charge in [-0.25, -0.2) is 19.1 Å². The molecule has 190 valence electrons. The number of nitrogens with zero attached hydrogens (tertiary/aromatic N) is 4. The zero-order valence-electron chi connectivity index (χ0n) is 19.3. The van der Waals surface area contributed by atoms with Crippen molar-refractivity contribution in [1.82, 2.24) is 19.2 Å². The van der Waals surface area contributed by atoms with Crippen LogP contribution in [-0.4, -0.2) is 50.9 Å². The van der Waals surface area contributed by atoms with Gasteiger partial charge in [0.15, 0.2) is 0 Å². The number of benzene rings is 1. The number of thiazole rings is 1. The van der Waals surface area contributed by atoms with Gasteiger partial charge in [-0.05, 0) is 49.1 Å². The van der Waals surface area contributed by atoms with Gasteiger partial charge in [0.25, 0.3) is 0 Å². The van der Waals surface area contributed by atoms with Crippen molar-refractivity contribution in [2.45, 2.75) is 42.9 Å². The van der Waals surface area contributed by atoms with Crippen molar-refractivity contribution in [1.29, 1.82) is 0 Å². The van der Waals surface area contributed by atoms with E-state index in [0.717, 1.165) is 70.7 Å². The van der Waals surface area contributed by atoms with Crippen molar-refractivity contribution in [3.63, 3.8) is 0 Å². The average molecular weight is 535 g/mol. The molecule has 4 heterocycles. The van der Waals surface area contributed by atoms with Crippen LogP contribution < -0.4 is 11.1 Å². The van der Waals surface area contributed by atoms with Gasteiger partial charge in [0.2, 0.25) is 0 Å². The van der Waals surface area contributed by atoms with E-state index >= 15 is 0 Å². The Bertz CT molecular complexity index is 1210. The van der Waals surface area contributed by atoms with E-state index in [1.54, 1.807) is 28.2 Å². The number of halogens is 3. The topological polar surface area (TPSA) is 87.4 Å². The molecule has 36 heavy (non-hydrogen) atoms. The fourth-order valence-electron chi connectivity index (χ4n) is 4.26. The number of nitrogens with two attached hydrogens (primary N) is 1. The van der Waals surface area contributed by atoms with Crippen molar-refractivity contribution in [3.05, 3.63) is 58.7 Å². The number of nitrogens with one attached hydrogen (secondary N) is 1. The number of carbonyl (C=O) groups is 1. The first-order valence-electron chi connectivity index (χ1n) is 11.6. The summed E-state index contributed by atoms with van der Waals surface area (Å²) in [4.78, 5) is 24.0. The molecule has 5 rings (SSSR count). The number of anilines is 1. The van der Waals surface area contributed by atoms with Gasteiger partial charge < -0.3 is 16.0 Å². The van der Waals surface area contributed by atoms with Crippen LogP contribution in [0.25, 0.3) is 10.6 Å². The number of aromatic nitrogens is 2. The second-order valence-corrected chi connectivity index (χ2v) is 11.0. The highest BCUT2D eigenvalue weighted by molar-refractivity contribution is 7.97. The maximum Gasteiger partial charge on any atom is 0.417 e. The number of hydrogen-bond acceptors (Lipinski definition) is 7. The number of primary amides is 1. The molecular weight excluding hydrogens is 509 g/mol. The molecule has 0 bridgehead atoms. The van der Waals surface area contributed by atoms with Crippen LogP contribution in [0.1, 0.15) is 29.0 Å². The highest BCUT2D eigenvalue weighted by Gasteiger charge is 2.31. The molecule has 3 aromatic rings. The monoisotopic (exact) mass is 534 g/mol. The lowest BCUT2D eigenvalue weighted by molar-refractivity contribution is -0.137. The Labute approximate surface area is 215 Å². The molecule has 0 aliphatic carbocycles. The first-order chi connectivity index (χ1) is 17.2. The minimum absolute atomic E-state index is 0.176. The van der Waals surface area contributed by atoms with Crippen LogP contribution in [0.2, 0.25) is 0 Å². The molecule has 1 saturated heterocycles. The van der Waals surface area contributed by atoms with Crippen molar-refractivity contribution < 1.29 is 18.0 Å². The Morgan fingerprint density at radius 1 is 1.11 bits per heavy atom. The van der Waals surface area contributed by atoms with E-state index in [4.69, 9.17) is 10.7 Å². The van der Waals surface area contributed by atoms with Gasteiger partial charge in [-0.2, -0.15) is 13.2 Å². The van der Waals surface area contributed by atoms with Gasteiger partial charge in [-0.1, -0.05) is 12.1 Å². The molecule has 3 N–H and O–H groups in total. The molecule has 2 aliphatic rings. The van der Waals surface area contributed by atoms with Gasteiger partial charge in [0.05, 0.1) is 17.8 Å². The van der Waals surface area contributed by atoms with E-state index in [-0.39, 0.29) is 6.04 Å². The molecule has 0 saturated carbocycles. The van der Waals surface area contributed by atoms with Crippen molar-refractivity contribution in [3.8, 4) is 10.6 Å². The standard InChI is InChI=1S/C24H25F3N6OS2/c25-24(26,27)16-3-6-21(29-13-16)30-17-7-11-33(12-8-17)36-18-4-1-15(2-5-18)22-31-19-9-10-32(23(28)34)14-20(19)35-22/h1-6,13,17H,7-12,14H2,(H2,28,34)(H,29,30). The number of alkyl halides is 3. The SMILES string of the molecule is NC(=O)N1CCc2nc(-c3ccc(SN4CCC(Nc5ccc(C(F)(F)F)cn5)CC4)cc3)sc2C1. The van der Waals surface area contributed by atoms with E-state index in [2.05, 4.69) is 38.9 Å². The molecule has 12 heteroatoms. The minimum atomic E-state index is -4.37. The van der Waals surface area contributed by atoms with Crippen LogP contribution in [0.3, 0.4) is 0 Å². The molecule has 1 aromatic carbocycles. The Morgan fingerprint density at radius 3 is 2.50 bits per heavy atom. The van der Waals surface area contributed by atoms with E-state index < -0.39 is 17.8 Å². The zero-order chi connectivity index (χ0) is 25.3. The summed E-state index contributed by atoms with van der Waals surface area (Å²) in [5.41, 5.74) is 6.78. The summed E-state index contributed by atoms with van der Waals surface area (Å²) in [6.07, 6.45) is -1.03. The quantitative estimate of drug-likeness (QED) is 0.435. The third-order valence-electron chi connectivity index (χ3n) is 6.28. The van der Waals surface area contributed by atoms with E-state index in [1.807, 2.05) is 0 Å². The second-order valence-electron chi connectivity index (χ2n) is 8.79. The molecule has 0 spiro atoms. The number of carbonyl (C=O) groups excluding carboxylic acids is 1. The lowest BCUT2D eigenvalue weighted by atomic mass is 10.1. The van der Waals surface area contributed by atoms with Crippen LogP contribution in [0.5, 0.6) is 0 Å². The number of rotatable bonds is 5. The average Bonchev–Trinajstić information content (AvgIpc) is 3.29. The molecule has 2 aliphatic heterocycles. The van der Waals surface area contributed by atoms with E-state index in [1.165, 1.54) is 6.07 Å². The van der Waals surface area contributed by atoms with Gasteiger partial charge in [0.1, 0.15) is 10.8 Å². The molecule has 7 nitrogen and oxygen atoms in total. The van der Waals surface area contributed by atoms with Crippen LogP contribution in [0, 0.1) is 0 Å². The lowest BCUT2D eigenvalue weighted by Gasteiger charge is -2.31. The normalized spacial score (nSPS) is 17.1. The highest BCUT2D eigenvalue weighted by atomic mass is 32.2. The van der Waals surface area contributed by atoms with Crippen molar-refractivity contribution in [2.24, 2.45) is 5.73 Å². The summed E-state index contributed by atoms with van der Waals surface area (Å²) in [7, 11) is 0. The van der Waals surface area contributed by atoms with Gasteiger partial charge in [-0.15, -0.1) is 11.3 Å². The van der Waals surface area contributed by atoms with E-state index in [0.29, 0.717) is 18.9 Å². The maximum atomic E-state index is 12.7. The summed E-state index contributed by atoms with van der Waals surface area (Å²) < 4.78 is 40.4. The Balaban J connectivity index is 1.12. The summed E-state index contributed by atoms with van der Waals surface area (Å²) >= 11 is 3.31. The zero-order valence-corrected chi connectivity index (χ0v) is 20.9. The number of pyridine rings is 1. The number of urea groups is 1. The van der Waals surface area contributed by atoms with Crippen LogP contribution in [-0.2, 0) is 19.1 Å². The summed E-state index contributed by atoms with van der Waals surface area (Å²) in [5, 5.41) is 4.20. The Hall–Kier alpha value is -2.83. The fraction of sp³-hybridized carbons (Fsp3) is 0.375. The fourth-order valence-corrected chi connectivity index (χ4v) is 6.34. The van der Waals surface area contributed by atoms with Crippen molar-refractivity contribution in [2.75, 3.05) is 25.0 Å². The predicted octanol–water partition coefficient (Wildman–Crippen LogP) is 5.24. The third kappa shape index (κ3) is 5.76. The number of amides is 2. The molecular formula is C24H25F3N6OS2. The van der Waals surface area contributed by atoms with Gasteiger partial charge in [0, 0.05) is 53.6 Å². The molecule has 1 fully saturated rings. The molecule has 0 atom stereocenters. The first kappa shape index (κ1) is 24.8. The van der Waals surface area contributed by atoms with Gasteiger partial charge >= 0.3 is 12.2 Å². The largest absolute Gasteiger partial charge is 0.417 e. The summed E-state index contributed by atoms with van der Waals surface area (Å²) in [6.45, 7) is 2.85. The van der Waals surface area contributed by atoms with Crippen LogP contribution >= 0.6 is 23.3 Å².